The van der Waals surface area contributed by atoms with Crippen molar-refractivity contribution in [3.05, 3.63) is 38.2 Å². The van der Waals surface area contributed by atoms with Crippen molar-refractivity contribution in [2.45, 2.75) is 6.18 Å². The van der Waals surface area contributed by atoms with E-state index in [9.17, 15) is 23.3 Å². The average Bonchev–Trinajstić information content (AvgIpc) is 2.68. The summed E-state index contributed by atoms with van der Waals surface area (Å²) in [6.07, 6.45) is -5.03. The highest BCUT2D eigenvalue weighted by atomic mass is 35.5. The molecular formula is C8H2Cl2F3N5O2. The van der Waals surface area contributed by atoms with Crippen LogP contribution in [-0.4, -0.2) is 24.9 Å². The van der Waals surface area contributed by atoms with Crippen LogP contribution >= 0.6 is 23.2 Å². The zero-order chi connectivity index (χ0) is 15.1. The summed E-state index contributed by atoms with van der Waals surface area (Å²) in [7, 11) is 0. The molecular weight excluding hydrogens is 326 g/mol. The molecule has 2 aromatic rings. The molecule has 0 amide bonds. The van der Waals surface area contributed by atoms with E-state index in [1.807, 2.05) is 0 Å². The topological polar surface area (TPSA) is 86.7 Å². The molecule has 0 atom stereocenters. The van der Waals surface area contributed by atoms with Gasteiger partial charge in [0, 0.05) is 0 Å². The van der Waals surface area contributed by atoms with E-state index >= 15 is 0 Å². The Balaban J connectivity index is 2.67. The van der Waals surface area contributed by atoms with Gasteiger partial charge in [0.15, 0.2) is 11.0 Å². The van der Waals surface area contributed by atoms with Gasteiger partial charge >= 0.3 is 11.9 Å². The smallest absolute Gasteiger partial charge is 0.258 e. The number of alkyl halides is 3. The maximum Gasteiger partial charge on any atom is 0.442 e. The van der Waals surface area contributed by atoms with Gasteiger partial charge in [0.1, 0.15) is 0 Å². The third-order valence-electron chi connectivity index (χ3n) is 2.09. The molecule has 0 aliphatic rings. The Kier molecular flexibility index (Phi) is 3.52. The van der Waals surface area contributed by atoms with Crippen molar-refractivity contribution in [3.63, 3.8) is 0 Å². The van der Waals surface area contributed by atoms with Gasteiger partial charge in [0.25, 0.3) is 0 Å². The van der Waals surface area contributed by atoms with E-state index in [4.69, 9.17) is 23.2 Å². The lowest BCUT2D eigenvalue weighted by Crippen LogP contribution is -2.09. The van der Waals surface area contributed by atoms with Gasteiger partial charge in [-0.25, -0.2) is 0 Å². The highest BCUT2D eigenvalue weighted by Crippen LogP contribution is 2.40. The number of nitro groups is 1. The van der Waals surface area contributed by atoms with E-state index in [1.165, 1.54) is 6.07 Å². The van der Waals surface area contributed by atoms with Crippen LogP contribution in [0.4, 0.5) is 18.9 Å². The van der Waals surface area contributed by atoms with Crippen molar-refractivity contribution in [3.8, 4) is 5.82 Å². The number of nitrogens with zero attached hydrogens (tertiary/aromatic N) is 5. The molecule has 2 aromatic heterocycles. The summed E-state index contributed by atoms with van der Waals surface area (Å²) >= 11 is 11.0. The maximum absolute atomic E-state index is 12.7. The summed E-state index contributed by atoms with van der Waals surface area (Å²) in [5, 5.41) is 19.8. The van der Waals surface area contributed by atoms with Gasteiger partial charge in [0.05, 0.1) is 4.92 Å². The molecule has 0 fully saturated rings. The van der Waals surface area contributed by atoms with E-state index in [-0.39, 0.29) is 11.0 Å². The molecule has 7 nitrogen and oxygen atoms in total. The van der Waals surface area contributed by atoms with Gasteiger partial charge in [-0.05, 0) is 12.1 Å². The largest absolute Gasteiger partial charge is 0.442 e. The lowest BCUT2D eigenvalue weighted by atomic mass is 10.4. The second-order valence-electron chi connectivity index (χ2n) is 3.37. The monoisotopic (exact) mass is 327 g/mol. The molecule has 0 bridgehead atoms. The van der Waals surface area contributed by atoms with Crippen LogP contribution in [0, 0.1) is 10.1 Å². The normalized spacial score (nSPS) is 11.7. The fourth-order valence-corrected chi connectivity index (χ4v) is 1.70. The first-order chi connectivity index (χ1) is 9.21. The molecule has 0 saturated carbocycles. The highest BCUT2D eigenvalue weighted by molar-refractivity contribution is 6.32. The molecule has 0 radical (unpaired) electrons. The molecule has 0 aliphatic heterocycles. The maximum atomic E-state index is 12.7. The van der Waals surface area contributed by atoms with Crippen LogP contribution in [0.1, 0.15) is 5.69 Å². The predicted octanol–water partition coefficient (Wildman–Crippen LogP) is 2.90. The second kappa shape index (κ2) is 4.87. The molecule has 0 unspecified atom stereocenters. The van der Waals surface area contributed by atoms with Crippen molar-refractivity contribution in [2.24, 2.45) is 0 Å². The fraction of sp³-hybridized carbons (Fsp3) is 0.125. The van der Waals surface area contributed by atoms with Crippen LogP contribution < -0.4 is 0 Å². The van der Waals surface area contributed by atoms with E-state index in [1.54, 1.807) is 0 Å². The van der Waals surface area contributed by atoms with Gasteiger partial charge in [-0.2, -0.15) is 23.0 Å². The van der Waals surface area contributed by atoms with Crippen LogP contribution in [0.25, 0.3) is 5.82 Å². The third kappa shape index (κ3) is 2.51. The van der Waals surface area contributed by atoms with Crippen LogP contribution in [0.3, 0.4) is 0 Å². The Hall–Kier alpha value is -1.94. The molecule has 2 rings (SSSR count). The average molecular weight is 328 g/mol. The van der Waals surface area contributed by atoms with Crippen LogP contribution in [0.5, 0.6) is 0 Å². The molecule has 0 spiro atoms. The lowest BCUT2D eigenvalue weighted by molar-refractivity contribution is -0.388. The van der Waals surface area contributed by atoms with Gasteiger partial charge in [-0.15, -0.1) is 10.2 Å². The van der Waals surface area contributed by atoms with E-state index < -0.39 is 27.6 Å². The van der Waals surface area contributed by atoms with Crippen molar-refractivity contribution >= 4 is 28.9 Å². The van der Waals surface area contributed by atoms with Crippen molar-refractivity contribution in [2.75, 3.05) is 0 Å². The Morgan fingerprint density at radius 1 is 1.25 bits per heavy atom. The summed E-state index contributed by atoms with van der Waals surface area (Å²) in [5.41, 5.74) is -3.07. The number of hydrogen-bond acceptors (Lipinski definition) is 5. The standard InChI is InChI=1S/C8H2Cl2F3N5O2/c9-3-1-2-4(15-14-3)17-7(10)5(18(19)20)6(16-17)8(11,12)13/h1-2H. The number of halogens is 5. The van der Waals surface area contributed by atoms with E-state index in [0.29, 0.717) is 4.68 Å². The predicted molar refractivity (Wildman–Crippen MR) is 60.8 cm³/mol. The van der Waals surface area contributed by atoms with E-state index in [2.05, 4.69) is 15.3 Å². The first kappa shape index (κ1) is 14.5. The summed E-state index contributed by atoms with van der Waals surface area (Å²) in [4.78, 5) is 9.43. The van der Waals surface area contributed by atoms with E-state index in [0.717, 1.165) is 6.07 Å². The minimum absolute atomic E-state index is 0.0115. The molecule has 0 aromatic carbocycles. The molecule has 0 saturated heterocycles. The van der Waals surface area contributed by atoms with Crippen LogP contribution in [0.15, 0.2) is 12.1 Å². The summed E-state index contributed by atoms with van der Waals surface area (Å²) in [5.74, 6) is -0.238. The number of rotatable bonds is 2. The fourth-order valence-electron chi connectivity index (χ4n) is 1.32. The SMILES string of the molecule is O=[N+]([O-])c1c(C(F)(F)F)nn(-c2ccc(Cl)nn2)c1Cl. The van der Waals surface area contributed by atoms with Gasteiger partial charge in [-0.1, -0.05) is 23.2 Å². The molecule has 20 heavy (non-hydrogen) atoms. The molecule has 12 heteroatoms. The van der Waals surface area contributed by atoms with Crippen molar-refractivity contribution in [1.82, 2.24) is 20.0 Å². The molecule has 0 N–H and O–H groups in total. The minimum Gasteiger partial charge on any atom is -0.258 e. The van der Waals surface area contributed by atoms with Crippen LogP contribution in [-0.2, 0) is 6.18 Å². The van der Waals surface area contributed by atoms with Gasteiger partial charge in [0.2, 0.25) is 10.8 Å². The molecule has 2 heterocycles. The zero-order valence-electron chi connectivity index (χ0n) is 9.10. The molecule has 0 aliphatic carbocycles. The third-order valence-corrected chi connectivity index (χ3v) is 2.63. The van der Waals surface area contributed by atoms with Crippen molar-refractivity contribution in [1.29, 1.82) is 0 Å². The summed E-state index contributed by atoms with van der Waals surface area (Å²) in [6, 6.07) is 2.39. The zero-order valence-corrected chi connectivity index (χ0v) is 10.6. The Morgan fingerprint density at radius 2 is 1.90 bits per heavy atom. The van der Waals surface area contributed by atoms with Crippen LogP contribution in [0.2, 0.25) is 10.3 Å². The lowest BCUT2D eigenvalue weighted by Gasteiger charge is -2.00. The first-order valence-electron chi connectivity index (χ1n) is 4.71. The van der Waals surface area contributed by atoms with Crippen molar-refractivity contribution < 1.29 is 18.1 Å². The van der Waals surface area contributed by atoms with Gasteiger partial charge < -0.3 is 0 Å². The quantitative estimate of drug-likeness (QED) is 0.625. The Labute approximate surface area is 118 Å². The minimum atomic E-state index is -5.03. The highest BCUT2D eigenvalue weighted by Gasteiger charge is 2.45. The Morgan fingerprint density at radius 3 is 2.30 bits per heavy atom. The van der Waals surface area contributed by atoms with Gasteiger partial charge in [-0.3, -0.25) is 10.1 Å². The summed E-state index contributed by atoms with van der Waals surface area (Å²) in [6.45, 7) is 0. The Bertz CT molecular complexity index is 670. The first-order valence-corrected chi connectivity index (χ1v) is 5.47. The molecule has 106 valence electrons. The number of aromatic nitrogens is 4. The summed E-state index contributed by atoms with van der Waals surface area (Å²) < 4.78 is 38.5. The number of hydrogen-bond donors (Lipinski definition) is 0. The second-order valence-corrected chi connectivity index (χ2v) is 4.11.